The molecule has 108 valence electrons. The first kappa shape index (κ1) is 13.8. The number of nitrogens with one attached hydrogen (secondary N) is 1. The van der Waals surface area contributed by atoms with E-state index in [9.17, 15) is 0 Å². The lowest BCUT2D eigenvalue weighted by Gasteiger charge is -2.12. The first-order chi connectivity index (χ1) is 10.3. The third-order valence-corrected chi connectivity index (χ3v) is 3.93. The Morgan fingerprint density at radius 1 is 1.29 bits per heavy atom. The fraction of sp³-hybridized carbons (Fsp3) is 0.200. The molecule has 0 bridgehead atoms. The first-order valence-electron chi connectivity index (χ1n) is 6.73. The van der Waals surface area contributed by atoms with Gasteiger partial charge in [0.25, 0.3) is 0 Å². The summed E-state index contributed by atoms with van der Waals surface area (Å²) in [5, 5.41) is 6.35. The molecular formula is C15H16N4OS. The molecule has 3 N–H and O–H groups in total. The molecule has 1 aromatic carbocycles. The average molecular weight is 300 g/mol. The third-order valence-electron chi connectivity index (χ3n) is 3.10. The highest BCUT2D eigenvalue weighted by Crippen LogP contribution is 2.28. The molecule has 2 aromatic heterocycles. The number of fused-ring (bicyclic) bond motifs is 1. The van der Waals surface area contributed by atoms with E-state index in [1.807, 2.05) is 36.6 Å². The highest BCUT2D eigenvalue weighted by Gasteiger charge is 2.07. The second-order valence-electron chi connectivity index (χ2n) is 4.45. The zero-order valence-electron chi connectivity index (χ0n) is 11.7. The topological polar surface area (TPSA) is 73.1 Å². The van der Waals surface area contributed by atoms with Gasteiger partial charge in [-0.1, -0.05) is 0 Å². The molecule has 0 radical (unpaired) electrons. The van der Waals surface area contributed by atoms with Crippen molar-refractivity contribution in [1.29, 1.82) is 0 Å². The Balaban J connectivity index is 1.92. The molecule has 0 saturated heterocycles. The van der Waals surface area contributed by atoms with Crippen LogP contribution < -0.4 is 15.8 Å². The van der Waals surface area contributed by atoms with Gasteiger partial charge in [0.15, 0.2) is 0 Å². The van der Waals surface area contributed by atoms with Crippen LogP contribution in [0.1, 0.15) is 12.5 Å². The molecule has 5 nitrogen and oxygen atoms in total. The summed E-state index contributed by atoms with van der Waals surface area (Å²) in [6.07, 6.45) is 1.57. The minimum Gasteiger partial charge on any atom is -0.494 e. The van der Waals surface area contributed by atoms with Gasteiger partial charge < -0.3 is 15.8 Å². The van der Waals surface area contributed by atoms with Crippen LogP contribution in [0.25, 0.3) is 10.2 Å². The lowest BCUT2D eigenvalue weighted by Crippen LogP contribution is -2.03. The molecular weight excluding hydrogens is 284 g/mol. The highest BCUT2D eigenvalue weighted by atomic mass is 32.1. The predicted molar refractivity (Wildman–Crippen MR) is 86.2 cm³/mol. The molecule has 0 unspecified atom stereocenters. The fourth-order valence-corrected chi connectivity index (χ4v) is 2.87. The largest absolute Gasteiger partial charge is 0.494 e. The van der Waals surface area contributed by atoms with E-state index in [0.29, 0.717) is 13.2 Å². The van der Waals surface area contributed by atoms with Crippen LogP contribution in [0.2, 0.25) is 0 Å². The van der Waals surface area contributed by atoms with Crippen molar-refractivity contribution in [3.63, 3.8) is 0 Å². The van der Waals surface area contributed by atoms with E-state index in [0.717, 1.165) is 33.0 Å². The Bertz CT molecular complexity index is 756. The van der Waals surface area contributed by atoms with Gasteiger partial charge in [0.2, 0.25) is 0 Å². The number of rotatable bonds is 5. The molecule has 0 amide bonds. The Morgan fingerprint density at radius 3 is 3.00 bits per heavy atom. The summed E-state index contributed by atoms with van der Waals surface area (Å²) in [6.45, 7) is 3.02. The SMILES string of the molecule is CCOc1ccc(Nc2ncnc3sccc23)cc1CN. The molecule has 0 aliphatic rings. The van der Waals surface area contributed by atoms with Gasteiger partial charge in [-0.2, -0.15) is 0 Å². The van der Waals surface area contributed by atoms with Gasteiger partial charge in [0.05, 0.1) is 12.0 Å². The van der Waals surface area contributed by atoms with E-state index in [1.54, 1.807) is 17.7 Å². The maximum absolute atomic E-state index is 5.79. The van der Waals surface area contributed by atoms with Crippen molar-refractivity contribution in [3.8, 4) is 5.75 Å². The van der Waals surface area contributed by atoms with Crippen LogP contribution in [0, 0.1) is 0 Å². The van der Waals surface area contributed by atoms with Crippen molar-refractivity contribution in [3.05, 3.63) is 41.5 Å². The van der Waals surface area contributed by atoms with Crippen LogP contribution in [-0.2, 0) is 6.54 Å². The first-order valence-corrected chi connectivity index (χ1v) is 7.60. The van der Waals surface area contributed by atoms with E-state index in [-0.39, 0.29) is 0 Å². The van der Waals surface area contributed by atoms with Gasteiger partial charge >= 0.3 is 0 Å². The summed E-state index contributed by atoms with van der Waals surface area (Å²) in [4.78, 5) is 9.52. The monoisotopic (exact) mass is 300 g/mol. The van der Waals surface area contributed by atoms with Crippen LogP contribution in [-0.4, -0.2) is 16.6 Å². The molecule has 0 spiro atoms. The zero-order valence-corrected chi connectivity index (χ0v) is 12.5. The second-order valence-corrected chi connectivity index (χ2v) is 5.34. The van der Waals surface area contributed by atoms with Gasteiger partial charge in [0, 0.05) is 17.8 Å². The van der Waals surface area contributed by atoms with Crippen LogP contribution >= 0.6 is 11.3 Å². The summed E-state index contributed by atoms with van der Waals surface area (Å²) in [6, 6.07) is 7.90. The quantitative estimate of drug-likeness (QED) is 0.756. The molecule has 0 aliphatic heterocycles. The number of ether oxygens (including phenoxy) is 1. The second kappa shape index (κ2) is 6.07. The van der Waals surface area contributed by atoms with Gasteiger partial charge in [-0.25, -0.2) is 9.97 Å². The number of hydrogen-bond donors (Lipinski definition) is 2. The van der Waals surface area contributed by atoms with Gasteiger partial charge in [-0.15, -0.1) is 11.3 Å². The Labute approximate surface area is 126 Å². The summed E-state index contributed by atoms with van der Waals surface area (Å²) < 4.78 is 5.56. The molecule has 0 atom stereocenters. The predicted octanol–water partition coefficient (Wildman–Crippen LogP) is 3.29. The number of benzene rings is 1. The molecule has 3 aromatic rings. The molecule has 2 heterocycles. The summed E-state index contributed by atoms with van der Waals surface area (Å²) in [5.74, 6) is 1.63. The van der Waals surface area contributed by atoms with E-state index >= 15 is 0 Å². The maximum Gasteiger partial charge on any atom is 0.142 e. The van der Waals surface area contributed by atoms with Gasteiger partial charge in [-0.3, -0.25) is 0 Å². The molecule has 0 saturated carbocycles. The highest BCUT2D eigenvalue weighted by molar-refractivity contribution is 7.16. The van der Waals surface area contributed by atoms with E-state index in [1.165, 1.54) is 0 Å². The number of nitrogens with zero attached hydrogens (tertiary/aromatic N) is 2. The average Bonchev–Trinajstić information content (AvgIpc) is 2.98. The summed E-state index contributed by atoms with van der Waals surface area (Å²) in [5.41, 5.74) is 7.69. The number of nitrogens with two attached hydrogens (primary N) is 1. The van der Waals surface area contributed by atoms with Crippen LogP contribution in [0.3, 0.4) is 0 Å². The Hall–Kier alpha value is -2.18. The van der Waals surface area contributed by atoms with Crippen molar-refractivity contribution in [1.82, 2.24) is 9.97 Å². The summed E-state index contributed by atoms with van der Waals surface area (Å²) in [7, 11) is 0. The number of aromatic nitrogens is 2. The van der Waals surface area contributed by atoms with E-state index in [2.05, 4.69) is 15.3 Å². The van der Waals surface area contributed by atoms with Crippen LogP contribution in [0.4, 0.5) is 11.5 Å². The lowest BCUT2D eigenvalue weighted by atomic mass is 10.1. The standard InChI is InChI=1S/C15H16N4OS/c1-2-20-13-4-3-11(7-10(13)8-16)19-14-12-5-6-21-15(12)18-9-17-14/h3-7,9H,2,8,16H2,1H3,(H,17,18,19). The molecule has 0 aliphatic carbocycles. The lowest BCUT2D eigenvalue weighted by molar-refractivity contribution is 0.336. The number of anilines is 2. The Kier molecular flexibility index (Phi) is 3.98. The molecule has 3 rings (SSSR count). The van der Waals surface area contributed by atoms with Crippen LogP contribution in [0.15, 0.2) is 36.0 Å². The number of hydrogen-bond acceptors (Lipinski definition) is 6. The molecule has 6 heteroatoms. The molecule has 21 heavy (non-hydrogen) atoms. The van der Waals surface area contributed by atoms with Gasteiger partial charge in [-0.05, 0) is 36.6 Å². The van der Waals surface area contributed by atoms with Crippen molar-refractivity contribution in [2.24, 2.45) is 5.73 Å². The zero-order chi connectivity index (χ0) is 14.7. The van der Waals surface area contributed by atoms with E-state index < -0.39 is 0 Å². The minimum atomic E-state index is 0.433. The van der Waals surface area contributed by atoms with Crippen molar-refractivity contribution >= 4 is 33.1 Å². The smallest absolute Gasteiger partial charge is 0.142 e. The maximum atomic E-state index is 5.79. The van der Waals surface area contributed by atoms with Crippen molar-refractivity contribution in [2.75, 3.05) is 11.9 Å². The molecule has 0 fully saturated rings. The summed E-state index contributed by atoms with van der Waals surface area (Å²) >= 11 is 1.60. The third kappa shape index (κ3) is 2.81. The van der Waals surface area contributed by atoms with Crippen LogP contribution in [0.5, 0.6) is 5.75 Å². The van der Waals surface area contributed by atoms with Crippen molar-refractivity contribution in [2.45, 2.75) is 13.5 Å². The minimum absolute atomic E-state index is 0.433. The fourth-order valence-electron chi connectivity index (χ4n) is 2.14. The van der Waals surface area contributed by atoms with Gasteiger partial charge in [0.1, 0.15) is 22.7 Å². The van der Waals surface area contributed by atoms with Crippen molar-refractivity contribution < 1.29 is 4.74 Å². The Morgan fingerprint density at radius 2 is 2.19 bits per heavy atom. The normalized spacial score (nSPS) is 10.8. The van der Waals surface area contributed by atoms with E-state index in [4.69, 9.17) is 10.5 Å². The number of thiophene rings is 1.